The van der Waals surface area contributed by atoms with Crippen LogP contribution in [-0.2, 0) is 4.79 Å². The summed E-state index contributed by atoms with van der Waals surface area (Å²) in [6.45, 7) is -0.0678. The Kier molecular flexibility index (Phi) is 4.46. The van der Waals surface area contributed by atoms with Crippen molar-refractivity contribution in [3.05, 3.63) is 27.6 Å². The summed E-state index contributed by atoms with van der Waals surface area (Å²) in [5.74, 6) is 1.80. The fourth-order valence-electron chi connectivity index (χ4n) is 1.71. The van der Waals surface area contributed by atoms with Gasteiger partial charge in [0.25, 0.3) is 11.1 Å². The molecule has 2 amide bonds. The molecule has 1 aromatic carbocycles. The molecule has 7 heteroatoms. The van der Waals surface area contributed by atoms with Crippen molar-refractivity contribution in [3.63, 3.8) is 0 Å². The Bertz CT molecular complexity index is 693. The van der Waals surface area contributed by atoms with E-state index in [4.69, 9.17) is 22.8 Å². The van der Waals surface area contributed by atoms with Gasteiger partial charge in [0, 0.05) is 0 Å². The quantitative estimate of drug-likeness (QED) is 0.684. The molecule has 2 rings (SSSR count). The molecule has 0 radical (unpaired) electrons. The largest absolute Gasteiger partial charge is 0.503 e. The van der Waals surface area contributed by atoms with Crippen molar-refractivity contribution in [1.82, 2.24) is 4.90 Å². The zero-order valence-electron chi connectivity index (χ0n) is 10.9. The predicted molar refractivity (Wildman–Crippen MR) is 81.2 cm³/mol. The van der Waals surface area contributed by atoms with Gasteiger partial charge in [-0.1, -0.05) is 17.5 Å². The minimum atomic E-state index is -0.453. The van der Waals surface area contributed by atoms with Gasteiger partial charge in [-0.2, -0.15) is 0 Å². The van der Waals surface area contributed by atoms with E-state index in [0.29, 0.717) is 5.56 Å². The van der Waals surface area contributed by atoms with Gasteiger partial charge in [-0.15, -0.1) is 6.42 Å². The van der Waals surface area contributed by atoms with Crippen LogP contribution in [0.25, 0.3) is 6.08 Å². The van der Waals surface area contributed by atoms with E-state index >= 15 is 0 Å². The molecule has 0 unspecified atom stereocenters. The van der Waals surface area contributed by atoms with Crippen LogP contribution in [0.3, 0.4) is 0 Å². The molecule has 5 nitrogen and oxygen atoms in total. The summed E-state index contributed by atoms with van der Waals surface area (Å²) in [6.07, 6.45) is 6.61. The zero-order valence-corrected chi connectivity index (χ0v) is 12.5. The second-order valence-corrected chi connectivity index (χ2v) is 5.43. The van der Waals surface area contributed by atoms with E-state index in [1.807, 2.05) is 0 Å². The highest BCUT2D eigenvalue weighted by Crippen LogP contribution is 2.37. The summed E-state index contributed by atoms with van der Waals surface area (Å²) >= 11 is 6.67. The Morgan fingerprint density at radius 3 is 2.86 bits per heavy atom. The number of thioether (sulfide) groups is 1. The number of carbonyl (C=O) groups is 2. The molecule has 0 aromatic heterocycles. The molecule has 0 bridgehead atoms. The summed E-state index contributed by atoms with van der Waals surface area (Å²) in [5.41, 5.74) is 0.529. The number of ether oxygens (including phenoxy) is 1. The number of rotatable bonds is 3. The van der Waals surface area contributed by atoms with Gasteiger partial charge < -0.3 is 9.84 Å². The summed E-state index contributed by atoms with van der Waals surface area (Å²) in [4.78, 5) is 24.9. The molecule has 0 saturated carbocycles. The van der Waals surface area contributed by atoms with Crippen LogP contribution in [0.5, 0.6) is 11.5 Å². The Hall–Kier alpha value is -2.10. The number of phenols is 1. The third kappa shape index (κ3) is 2.99. The molecule has 0 spiro atoms. The van der Waals surface area contributed by atoms with Gasteiger partial charge in [0.1, 0.15) is 0 Å². The van der Waals surface area contributed by atoms with Crippen molar-refractivity contribution in [3.8, 4) is 23.8 Å². The van der Waals surface area contributed by atoms with Crippen molar-refractivity contribution in [2.45, 2.75) is 0 Å². The average molecular weight is 324 g/mol. The molecule has 0 aliphatic carbocycles. The van der Waals surface area contributed by atoms with Gasteiger partial charge in [0.15, 0.2) is 11.5 Å². The molecule has 21 heavy (non-hydrogen) atoms. The Morgan fingerprint density at radius 2 is 2.24 bits per heavy atom. The highest BCUT2D eigenvalue weighted by Gasteiger charge is 2.34. The highest BCUT2D eigenvalue weighted by atomic mass is 35.5. The minimum absolute atomic E-state index is 0.0678. The molecule has 1 fully saturated rings. The van der Waals surface area contributed by atoms with Crippen molar-refractivity contribution in [2.75, 3.05) is 13.7 Å². The van der Waals surface area contributed by atoms with Gasteiger partial charge in [-0.25, -0.2) is 0 Å². The Labute approximate surface area is 130 Å². The third-order valence-corrected chi connectivity index (χ3v) is 3.89. The lowest BCUT2D eigenvalue weighted by atomic mass is 10.2. The van der Waals surface area contributed by atoms with Gasteiger partial charge in [0.2, 0.25) is 0 Å². The lowest BCUT2D eigenvalue weighted by Crippen LogP contribution is -2.28. The maximum absolute atomic E-state index is 12.0. The predicted octanol–water partition coefficient (Wildman–Crippen LogP) is 2.72. The van der Waals surface area contributed by atoms with Gasteiger partial charge in [0.05, 0.1) is 23.6 Å². The van der Waals surface area contributed by atoms with E-state index < -0.39 is 11.1 Å². The molecular formula is C14H10ClNO4S. The SMILES string of the molecule is C#CCN1C(=O)SC(=Cc2cc(Cl)c(O)c(OC)c2)C1=O. The number of terminal acetylenes is 1. The number of phenolic OH excluding ortho intramolecular Hbond substituents is 1. The van der Waals surface area contributed by atoms with E-state index in [-0.39, 0.29) is 28.0 Å². The number of aromatic hydroxyl groups is 1. The zero-order chi connectivity index (χ0) is 15.6. The number of halogens is 1. The smallest absolute Gasteiger partial charge is 0.294 e. The van der Waals surface area contributed by atoms with E-state index in [1.54, 1.807) is 0 Å². The Morgan fingerprint density at radius 1 is 1.52 bits per heavy atom. The highest BCUT2D eigenvalue weighted by molar-refractivity contribution is 8.18. The van der Waals surface area contributed by atoms with Gasteiger partial charge in [-0.3, -0.25) is 14.5 Å². The normalized spacial score (nSPS) is 16.4. The second kappa shape index (κ2) is 6.12. The summed E-state index contributed by atoms with van der Waals surface area (Å²) in [6, 6.07) is 2.98. The average Bonchev–Trinajstić information content (AvgIpc) is 2.70. The first-order valence-electron chi connectivity index (χ1n) is 5.73. The first-order valence-corrected chi connectivity index (χ1v) is 6.92. The van der Waals surface area contributed by atoms with E-state index in [2.05, 4.69) is 5.92 Å². The van der Waals surface area contributed by atoms with Crippen LogP contribution in [0, 0.1) is 12.3 Å². The van der Waals surface area contributed by atoms with Crippen molar-refractivity contribution in [2.24, 2.45) is 0 Å². The third-order valence-electron chi connectivity index (χ3n) is 2.69. The minimum Gasteiger partial charge on any atom is -0.503 e. The standard InChI is InChI=1S/C14H10ClNO4S/c1-3-4-16-13(18)11(21-14(16)19)7-8-5-9(15)12(17)10(6-8)20-2/h1,5-7,17H,4H2,2H3. The molecule has 108 valence electrons. The number of methoxy groups -OCH3 is 1. The van der Waals surface area contributed by atoms with E-state index in [1.165, 1.54) is 25.3 Å². The van der Waals surface area contributed by atoms with Crippen molar-refractivity contribution in [1.29, 1.82) is 0 Å². The molecular weight excluding hydrogens is 314 g/mol. The summed E-state index contributed by atoms with van der Waals surface area (Å²) in [5, 5.41) is 9.33. The summed E-state index contributed by atoms with van der Waals surface area (Å²) in [7, 11) is 1.38. The number of hydrogen-bond donors (Lipinski definition) is 1. The van der Waals surface area contributed by atoms with Crippen molar-refractivity contribution < 1.29 is 19.4 Å². The molecule has 1 aliphatic rings. The van der Waals surface area contributed by atoms with Crippen LogP contribution >= 0.6 is 23.4 Å². The number of carbonyl (C=O) groups excluding carboxylic acids is 2. The molecule has 1 N–H and O–H groups in total. The lowest BCUT2D eigenvalue weighted by Gasteiger charge is -2.07. The van der Waals surface area contributed by atoms with Crippen molar-refractivity contribution >= 4 is 40.6 Å². The molecule has 0 atom stereocenters. The van der Waals surface area contributed by atoms with Gasteiger partial charge in [-0.05, 0) is 35.5 Å². The monoisotopic (exact) mass is 323 g/mol. The topological polar surface area (TPSA) is 66.8 Å². The number of hydrogen-bond acceptors (Lipinski definition) is 5. The number of amides is 2. The molecule has 1 heterocycles. The number of benzene rings is 1. The van der Waals surface area contributed by atoms with Crippen LogP contribution in [0.2, 0.25) is 5.02 Å². The van der Waals surface area contributed by atoms with Crippen LogP contribution in [0.15, 0.2) is 17.0 Å². The number of imide groups is 1. The maximum Gasteiger partial charge on any atom is 0.294 e. The number of nitrogens with zero attached hydrogens (tertiary/aromatic N) is 1. The first-order chi connectivity index (χ1) is 9.97. The Balaban J connectivity index is 2.37. The molecule has 1 saturated heterocycles. The maximum atomic E-state index is 12.0. The lowest BCUT2D eigenvalue weighted by molar-refractivity contribution is -0.122. The van der Waals surface area contributed by atoms with Crippen LogP contribution in [-0.4, -0.2) is 34.8 Å². The fourth-order valence-corrected chi connectivity index (χ4v) is 2.77. The second-order valence-electron chi connectivity index (χ2n) is 4.03. The van der Waals surface area contributed by atoms with E-state index in [9.17, 15) is 14.7 Å². The summed E-state index contributed by atoms with van der Waals surface area (Å²) < 4.78 is 4.98. The fraction of sp³-hybridized carbons (Fsp3) is 0.143. The van der Waals surface area contributed by atoms with Gasteiger partial charge >= 0.3 is 0 Å². The molecule has 1 aliphatic heterocycles. The first kappa shape index (κ1) is 15.3. The van der Waals surface area contributed by atoms with E-state index in [0.717, 1.165) is 16.7 Å². The van der Waals surface area contributed by atoms with Crippen LogP contribution < -0.4 is 4.74 Å². The molecule has 1 aromatic rings. The van der Waals surface area contributed by atoms with Crippen LogP contribution in [0.4, 0.5) is 4.79 Å². The van der Waals surface area contributed by atoms with Crippen LogP contribution in [0.1, 0.15) is 5.56 Å².